The molecular weight excluding hydrogens is 138 g/mol. The molecule has 0 fully saturated rings. The van der Waals surface area contributed by atoms with Gasteiger partial charge in [-0.25, -0.2) is 0 Å². The maximum absolute atomic E-state index is 11.0. The molecule has 0 aromatic heterocycles. The van der Waals surface area contributed by atoms with E-state index in [-0.39, 0.29) is 0 Å². The molecule has 0 aliphatic heterocycles. The van der Waals surface area contributed by atoms with Gasteiger partial charge >= 0.3 is 0 Å². The van der Waals surface area contributed by atoms with Crippen LogP contribution in [-0.2, 0) is 4.79 Å². The summed E-state index contributed by atoms with van der Waals surface area (Å²) in [6.45, 7) is 6.08. The number of hydrogen-bond donors (Lipinski definition) is 0. The molecule has 66 valence electrons. The number of ketones is 1. The lowest BCUT2D eigenvalue weighted by Crippen LogP contribution is -2.21. The van der Waals surface area contributed by atoms with Gasteiger partial charge in [-0.15, -0.1) is 0 Å². The molecule has 0 radical (unpaired) electrons. The molecule has 0 atom stereocenters. The van der Waals surface area contributed by atoms with E-state index in [2.05, 4.69) is 11.8 Å². The zero-order chi connectivity index (χ0) is 8.69. The van der Waals surface area contributed by atoms with Crippen LogP contribution in [0.15, 0.2) is 0 Å². The molecule has 0 aromatic carbocycles. The van der Waals surface area contributed by atoms with Gasteiger partial charge in [-0.2, -0.15) is 0 Å². The summed E-state index contributed by atoms with van der Waals surface area (Å²) in [5.74, 6) is 0.396. The van der Waals surface area contributed by atoms with Crippen molar-refractivity contribution in [3.8, 4) is 0 Å². The Morgan fingerprint density at radius 1 is 1.27 bits per heavy atom. The van der Waals surface area contributed by atoms with Gasteiger partial charge in [-0.05, 0) is 20.0 Å². The quantitative estimate of drug-likeness (QED) is 0.585. The van der Waals surface area contributed by atoms with Gasteiger partial charge in [0.15, 0.2) is 0 Å². The Kier molecular flexibility index (Phi) is 6.13. The minimum absolute atomic E-state index is 0.396. The minimum Gasteiger partial charge on any atom is -0.306 e. The van der Waals surface area contributed by atoms with Crippen molar-refractivity contribution in [3.05, 3.63) is 0 Å². The van der Waals surface area contributed by atoms with Gasteiger partial charge in [0.05, 0.1) is 0 Å². The van der Waals surface area contributed by atoms with Crippen molar-refractivity contribution >= 4 is 5.78 Å². The predicted octanol–water partition coefficient (Wildman–Crippen LogP) is 1.70. The Hall–Kier alpha value is -0.370. The highest BCUT2D eigenvalue weighted by molar-refractivity contribution is 5.78. The molecule has 2 heteroatoms. The maximum atomic E-state index is 11.0. The molecule has 0 saturated carbocycles. The van der Waals surface area contributed by atoms with Gasteiger partial charge < -0.3 is 4.90 Å². The van der Waals surface area contributed by atoms with Crippen molar-refractivity contribution in [2.45, 2.75) is 33.1 Å². The Bertz CT molecular complexity index is 112. The van der Waals surface area contributed by atoms with Crippen molar-refractivity contribution in [2.75, 3.05) is 20.1 Å². The molecule has 0 aromatic rings. The maximum Gasteiger partial charge on any atom is 0.134 e. The van der Waals surface area contributed by atoms with Gasteiger partial charge in [0.2, 0.25) is 0 Å². The minimum atomic E-state index is 0.396. The van der Waals surface area contributed by atoms with Crippen molar-refractivity contribution in [1.82, 2.24) is 4.90 Å². The lowest BCUT2D eigenvalue weighted by molar-refractivity contribution is -0.119. The number of rotatable bonds is 6. The smallest absolute Gasteiger partial charge is 0.134 e. The van der Waals surface area contributed by atoms with Crippen molar-refractivity contribution < 1.29 is 4.79 Å². The summed E-state index contributed by atoms with van der Waals surface area (Å²) in [7, 11) is 2.04. The van der Waals surface area contributed by atoms with Crippen LogP contribution in [-0.4, -0.2) is 30.8 Å². The molecule has 0 bridgehead atoms. The van der Waals surface area contributed by atoms with Crippen molar-refractivity contribution in [3.63, 3.8) is 0 Å². The molecule has 2 nitrogen and oxygen atoms in total. The summed E-state index contributed by atoms with van der Waals surface area (Å²) in [5, 5.41) is 0. The fourth-order valence-corrected chi connectivity index (χ4v) is 0.878. The third-order valence-electron chi connectivity index (χ3n) is 1.84. The molecule has 0 spiro atoms. The second-order valence-corrected chi connectivity index (χ2v) is 2.93. The zero-order valence-corrected chi connectivity index (χ0v) is 7.89. The van der Waals surface area contributed by atoms with Crippen LogP contribution in [0.4, 0.5) is 0 Å². The molecule has 0 unspecified atom stereocenters. The standard InChI is InChI=1S/C9H19NO/c1-4-6-9(11)7-8-10(3)5-2/h4-8H2,1-3H3. The van der Waals surface area contributed by atoms with E-state index in [1.165, 1.54) is 0 Å². The first-order chi connectivity index (χ1) is 5.20. The van der Waals surface area contributed by atoms with E-state index in [1.54, 1.807) is 0 Å². The molecule has 0 N–H and O–H groups in total. The van der Waals surface area contributed by atoms with E-state index in [0.29, 0.717) is 5.78 Å². The van der Waals surface area contributed by atoms with E-state index < -0.39 is 0 Å². The average Bonchev–Trinajstić information content (AvgIpc) is 2.01. The largest absolute Gasteiger partial charge is 0.306 e. The molecule has 0 saturated heterocycles. The number of carbonyl (C=O) groups excluding carboxylic acids is 1. The fraction of sp³-hybridized carbons (Fsp3) is 0.889. The molecule has 0 rings (SSSR count). The first-order valence-electron chi connectivity index (χ1n) is 4.41. The molecule has 0 aliphatic rings. The Balaban J connectivity index is 3.30. The van der Waals surface area contributed by atoms with Crippen LogP contribution in [0.3, 0.4) is 0 Å². The number of nitrogens with zero attached hydrogens (tertiary/aromatic N) is 1. The van der Waals surface area contributed by atoms with Crippen LogP contribution in [0.25, 0.3) is 0 Å². The fourth-order valence-electron chi connectivity index (χ4n) is 0.878. The van der Waals surface area contributed by atoms with Gasteiger partial charge in [0.1, 0.15) is 5.78 Å². The highest BCUT2D eigenvalue weighted by Gasteiger charge is 2.01. The molecule has 11 heavy (non-hydrogen) atoms. The summed E-state index contributed by atoms with van der Waals surface area (Å²) >= 11 is 0. The lowest BCUT2D eigenvalue weighted by atomic mass is 10.2. The number of hydrogen-bond acceptors (Lipinski definition) is 2. The summed E-state index contributed by atoms with van der Waals surface area (Å²) in [5.41, 5.74) is 0. The predicted molar refractivity (Wildman–Crippen MR) is 47.7 cm³/mol. The molecule has 0 heterocycles. The van der Waals surface area contributed by atoms with Crippen LogP contribution in [0.1, 0.15) is 33.1 Å². The Morgan fingerprint density at radius 2 is 1.91 bits per heavy atom. The van der Waals surface area contributed by atoms with E-state index >= 15 is 0 Å². The summed E-state index contributed by atoms with van der Waals surface area (Å²) in [6.07, 6.45) is 2.45. The van der Waals surface area contributed by atoms with Crippen LogP contribution in [0.5, 0.6) is 0 Å². The molecular formula is C9H19NO. The van der Waals surface area contributed by atoms with Crippen LogP contribution < -0.4 is 0 Å². The Morgan fingerprint density at radius 3 is 2.36 bits per heavy atom. The molecule has 0 aliphatic carbocycles. The van der Waals surface area contributed by atoms with E-state index in [1.807, 2.05) is 14.0 Å². The first-order valence-corrected chi connectivity index (χ1v) is 4.41. The topological polar surface area (TPSA) is 20.3 Å². The SMILES string of the molecule is CCCC(=O)CCN(C)CC. The average molecular weight is 157 g/mol. The van der Waals surface area contributed by atoms with E-state index in [0.717, 1.165) is 32.4 Å². The monoisotopic (exact) mass is 157 g/mol. The lowest BCUT2D eigenvalue weighted by Gasteiger charge is -2.12. The van der Waals surface area contributed by atoms with Gasteiger partial charge in [0, 0.05) is 19.4 Å². The highest BCUT2D eigenvalue weighted by atomic mass is 16.1. The summed E-state index contributed by atoms with van der Waals surface area (Å²) in [6, 6.07) is 0. The summed E-state index contributed by atoms with van der Waals surface area (Å²) in [4.78, 5) is 13.2. The second-order valence-electron chi connectivity index (χ2n) is 2.93. The Labute approximate surface area is 69.6 Å². The third kappa shape index (κ3) is 6.05. The third-order valence-corrected chi connectivity index (χ3v) is 1.84. The van der Waals surface area contributed by atoms with Crippen LogP contribution in [0, 0.1) is 0 Å². The van der Waals surface area contributed by atoms with E-state index in [4.69, 9.17) is 0 Å². The number of carbonyl (C=O) groups is 1. The highest BCUT2D eigenvalue weighted by Crippen LogP contribution is 1.95. The summed E-state index contributed by atoms with van der Waals surface area (Å²) < 4.78 is 0. The number of Topliss-reactive ketones (excluding diaryl/α,β-unsaturated/α-hetero) is 1. The zero-order valence-electron chi connectivity index (χ0n) is 7.89. The van der Waals surface area contributed by atoms with Crippen molar-refractivity contribution in [2.24, 2.45) is 0 Å². The van der Waals surface area contributed by atoms with Crippen molar-refractivity contribution in [1.29, 1.82) is 0 Å². The van der Waals surface area contributed by atoms with Gasteiger partial charge in [-0.3, -0.25) is 4.79 Å². The first kappa shape index (κ1) is 10.6. The van der Waals surface area contributed by atoms with Crippen LogP contribution >= 0.6 is 0 Å². The molecule has 0 amide bonds. The van der Waals surface area contributed by atoms with Gasteiger partial charge in [-0.1, -0.05) is 13.8 Å². The van der Waals surface area contributed by atoms with E-state index in [9.17, 15) is 4.79 Å². The van der Waals surface area contributed by atoms with Crippen LogP contribution in [0.2, 0.25) is 0 Å². The van der Waals surface area contributed by atoms with Gasteiger partial charge in [0.25, 0.3) is 0 Å². The normalized spacial score (nSPS) is 10.5. The second kappa shape index (κ2) is 6.35.